The minimum atomic E-state index is -1.78. The van der Waals surface area contributed by atoms with Gasteiger partial charge in [0.05, 0.1) is 5.69 Å². The molecule has 0 radical (unpaired) electrons. The molecule has 2 nitrogen and oxygen atoms in total. The number of nitrogen functional groups attached to an aromatic ring is 1. The zero-order chi connectivity index (χ0) is 12.6. The highest BCUT2D eigenvalue weighted by Crippen LogP contribution is 2.39. The maximum atomic E-state index is 6.19. The first-order chi connectivity index (χ1) is 7.15. The van der Waals surface area contributed by atoms with E-state index in [1.807, 2.05) is 25.1 Å². The fourth-order valence-electron chi connectivity index (χ4n) is 1.17. The van der Waals surface area contributed by atoms with Crippen LogP contribution in [-0.2, 0) is 0 Å². The normalized spacial score (nSPS) is 12.6. The largest absolute Gasteiger partial charge is 0.542 e. The Morgan fingerprint density at radius 1 is 1.19 bits per heavy atom. The third-order valence-electron chi connectivity index (χ3n) is 3.46. The number of anilines is 1. The fraction of sp³-hybridized carbons (Fsp3) is 0.538. The molecule has 3 heteroatoms. The molecule has 1 aromatic carbocycles. The van der Waals surface area contributed by atoms with E-state index >= 15 is 0 Å². The Hall–Kier alpha value is -0.963. The van der Waals surface area contributed by atoms with Crippen molar-refractivity contribution in [2.75, 3.05) is 5.73 Å². The van der Waals surface area contributed by atoms with Gasteiger partial charge in [0, 0.05) is 0 Å². The van der Waals surface area contributed by atoms with Crippen molar-refractivity contribution in [1.82, 2.24) is 0 Å². The van der Waals surface area contributed by atoms with Crippen LogP contribution in [0.3, 0.4) is 0 Å². The fourth-order valence-corrected chi connectivity index (χ4v) is 2.20. The van der Waals surface area contributed by atoms with E-state index in [-0.39, 0.29) is 5.04 Å². The molecule has 0 unspecified atom stereocenters. The summed E-state index contributed by atoms with van der Waals surface area (Å²) in [6.45, 7) is 13.2. The molecule has 0 bridgehead atoms. The molecular weight excluding hydrogens is 214 g/mol. The molecule has 0 saturated carbocycles. The monoisotopic (exact) mass is 237 g/mol. The highest BCUT2D eigenvalue weighted by Gasteiger charge is 2.39. The molecule has 0 amide bonds. The number of benzene rings is 1. The number of rotatable bonds is 2. The average molecular weight is 237 g/mol. The summed E-state index contributed by atoms with van der Waals surface area (Å²) >= 11 is 0. The summed E-state index contributed by atoms with van der Waals surface area (Å²) in [6.07, 6.45) is 0. The van der Waals surface area contributed by atoms with E-state index in [1.165, 1.54) is 0 Å². The minimum absolute atomic E-state index is 0.198. The maximum absolute atomic E-state index is 6.19. The summed E-state index contributed by atoms with van der Waals surface area (Å²) < 4.78 is 6.19. The summed E-state index contributed by atoms with van der Waals surface area (Å²) in [5.74, 6) is 0.839. The van der Waals surface area contributed by atoms with Crippen molar-refractivity contribution in [2.45, 2.75) is 45.8 Å². The number of hydrogen-bond donors (Lipinski definition) is 1. The maximum Gasteiger partial charge on any atom is 0.250 e. The first-order valence-electron chi connectivity index (χ1n) is 5.69. The van der Waals surface area contributed by atoms with Crippen LogP contribution < -0.4 is 10.2 Å². The molecule has 0 fully saturated rings. The molecule has 0 aliphatic rings. The molecule has 1 aromatic rings. The number of para-hydroxylation sites is 1. The molecule has 0 heterocycles. The van der Waals surface area contributed by atoms with Crippen molar-refractivity contribution in [1.29, 1.82) is 0 Å². The zero-order valence-corrected chi connectivity index (χ0v) is 12.2. The molecule has 1 rings (SSSR count). The Bertz CT molecular complexity index is 380. The lowest BCUT2D eigenvalue weighted by molar-refractivity contribution is 0.494. The van der Waals surface area contributed by atoms with Crippen molar-refractivity contribution in [2.24, 2.45) is 0 Å². The summed E-state index contributed by atoms with van der Waals surface area (Å²) in [5.41, 5.74) is 7.88. The minimum Gasteiger partial charge on any atom is -0.542 e. The van der Waals surface area contributed by atoms with E-state index in [4.69, 9.17) is 10.2 Å². The predicted octanol–water partition coefficient (Wildman–Crippen LogP) is 3.96. The van der Waals surface area contributed by atoms with Crippen molar-refractivity contribution in [3.63, 3.8) is 0 Å². The average Bonchev–Trinajstić information content (AvgIpc) is 2.11. The summed E-state index contributed by atoms with van der Waals surface area (Å²) in [4.78, 5) is 0. The van der Waals surface area contributed by atoms with Gasteiger partial charge < -0.3 is 10.2 Å². The van der Waals surface area contributed by atoms with Crippen LogP contribution in [0.15, 0.2) is 18.2 Å². The summed E-state index contributed by atoms with van der Waals surface area (Å²) in [5, 5.41) is 0.198. The SMILES string of the molecule is Cc1cccc(O[Si](C)(C)C(C)(C)C)c1N. The molecule has 0 saturated heterocycles. The van der Waals surface area contributed by atoms with E-state index in [1.54, 1.807) is 0 Å². The van der Waals surface area contributed by atoms with Crippen LogP contribution in [0.25, 0.3) is 0 Å². The quantitative estimate of drug-likeness (QED) is 0.624. The Morgan fingerprint density at radius 2 is 1.75 bits per heavy atom. The summed E-state index contributed by atoms with van der Waals surface area (Å²) in [7, 11) is -1.78. The topological polar surface area (TPSA) is 35.2 Å². The lowest BCUT2D eigenvalue weighted by Crippen LogP contribution is -2.44. The van der Waals surface area contributed by atoms with E-state index in [0.29, 0.717) is 0 Å². The van der Waals surface area contributed by atoms with Crippen molar-refractivity contribution >= 4 is 14.0 Å². The second-order valence-corrected chi connectivity index (χ2v) is 10.6. The predicted molar refractivity (Wildman–Crippen MR) is 73.4 cm³/mol. The first kappa shape index (κ1) is 13.1. The summed E-state index contributed by atoms with van der Waals surface area (Å²) in [6, 6.07) is 5.96. The van der Waals surface area contributed by atoms with E-state index in [2.05, 4.69) is 33.9 Å². The molecule has 0 aliphatic heterocycles. The van der Waals surface area contributed by atoms with Crippen LogP contribution in [0, 0.1) is 6.92 Å². The third kappa shape index (κ3) is 2.58. The molecule has 2 N–H and O–H groups in total. The Morgan fingerprint density at radius 3 is 2.25 bits per heavy atom. The van der Waals surface area contributed by atoms with Crippen molar-refractivity contribution in [3.05, 3.63) is 23.8 Å². The molecule has 16 heavy (non-hydrogen) atoms. The number of aryl methyl sites for hydroxylation is 1. The van der Waals surface area contributed by atoms with Crippen LogP contribution >= 0.6 is 0 Å². The Balaban J connectivity index is 3.02. The van der Waals surface area contributed by atoms with Gasteiger partial charge in [0.15, 0.2) is 0 Å². The molecule has 90 valence electrons. The van der Waals surface area contributed by atoms with Gasteiger partial charge >= 0.3 is 0 Å². The van der Waals surface area contributed by atoms with Gasteiger partial charge in [-0.1, -0.05) is 32.9 Å². The first-order valence-corrected chi connectivity index (χ1v) is 8.60. The smallest absolute Gasteiger partial charge is 0.250 e. The number of hydrogen-bond acceptors (Lipinski definition) is 2. The standard InChI is InChI=1S/C13H23NOSi/c1-10-8-7-9-11(12(10)14)15-16(5,6)13(2,3)4/h7-9H,14H2,1-6H3. The van der Waals surface area contributed by atoms with Gasteiger partial charge in [-0.05, 0) is 36.7 Å². The Labute approximate surface area is 99.9 Å². The highest BCUT2D eigenvalue weighted by atomic mass is 28.4. The van der Waals surface area contributed by atoms with Gasteiger partial charge in [-0.25, -0.2) is 0 Å². The van der Waals surface area contributed by atoms with Gasteiger partial charge in [0.25, 0.3) is 8.32 Å². The van der Waals surface area contributed by atoms with Gasteiger partial charge in [0.2, 0.25) is 0 Å². The molecule has 0 aromatic heterocycles. The Kier molecular flexibility index (Phi) is 3.38. The second kappa shape index (κ2) is 4.13. The third-order valence-corrected chi connectivity index (χ3v) is 7.80. The van der Waals surface area contributed by atoms with Gasteiger partial charge in [-0.3, -0.25) is 0 Å². The molecular formula is C13H23NOSi. The van der Waals surface area contributed by atoms with Gasteiger partial charge in [-0.2, -0.15) is 0 Å². The van der Waals surface area contributed by atoms with E-state index in [9.17, 15) is 0 Å². The lowest BCUT2D eigenvalue weighted by Gasteiger charge is -2.36. The molecule has 0 aliphatic carbocycles. The highest BCUT2D eigenvalue weighted by molar-refractivity contribution is 6.74. The van der Waals surface area contributed by atoms with Crippen LogP contribution in [0.4, 0.5) is 5.69 Å². The molecule has 0 spiro atoms. The van der Waals surface area contributed by atoms with E-state index < -0.39 is 8.32 Å². The van der Waals surface area contributed by atoms with Crippen molar-refractivity contribution < 1.29 is 4.43 Å². The van der Waals surface area contributed by atoms with Crippen LogP contribution in [-0.4, -0.2) is 8.32 Å². The zero-order valence-electron chi connectivity index (χ0n) is 11.2. The number of nitrogens with two attached hydrogens (primary N) is 1. The molecule has 0 atom stereocenters. The second-order valence-electron chi connectivity index (χ2n) is 5.85. The van der Waals surface area contributed by atoms with E-state index in [0.717, 1.165) is 17.0 Å². The van der Waals surface area contributed by atoms with Gasteiger partial charge in [-0.15, -0.1) is 0 Å². The van der Waals surface area contributed by atoms with Crippen molar-refractivity contribution in [3.8, 4) is 5.75 Å². The lowest BCUT2D eigenvalue weighted by atomic mass is 10.2. The van der Waals surface area contributed by atoms with Crippen LogP contribution in [0.1, 0.15) is 26.3 Å². The van der Waals surface area contributed by atoms with Gasteiger partial charge in [0.1, 0.15) is 5.75 Å². The van der Waals surface area contributed by atoms with Crippen LogP contribution in [0.2, 0.25) is 18.1 Å². The van der Waals surface area contributed by atoms with Crippen LogP contribution in [0.5, 0.6) is 5.75 Å².